The molecule has 0 amide bonds. The molecule has 0 unspecified atom stereocenters. The Morgan fingerprint density at radius 2 is 1.93 bits per heavy atom. The van der Waals surface area contributed by atoms with Crippen molar-refractivity contribution in [2.75, 3.05) is 20.8 Å². The van der Waals surface area contributed by atoms with Crippen LogP contribution in [-0.4, -0.2) is 52.9 Å². The molecule has 3 rings (SSSR count). The molecule has 0 aliphatic heterocycles. The van der Waals surface area contributed by atoms with E-state index in [2.05, 4.69) is 5.10 Å². The summed E-state index contributed by atoms with van der Waals surface area (Å²) in [5, 5.41) is 24.4. The zero-order chi connectivity index (χ0) is 21.7. The lowest BCUT2D eigenvalue weighted by atomic mass is 9.86. The number of ether oxygens (including phenoxy) is 3. The highest BCUT2D eigenvalue weighted by atomic mass is 16.5. The maximum atomic E-state index is 11.2. The Kier molecular flexibility index (Phi) is 7.33. The van der Waals surface area contributed by atoms with E-state index in [1.807, 2.05) is 6.92 Å². The maximum Gasteiger partial charge on any atom is 0.325 e. The predicted octanol–water partition coefficient (Wildman–Crippen LogP) is 2.75. The number of aliphatic hydroxyl groups excluding tert-OH is 1. The first kappa shape index (κ1) is 22.1. The minimum atomic E-state index is -0.957. The maximum absolute atomic E-state index is 11.2. The van der Waals surface area contributed by atoms with Gasteiger partial charge in [-0.3, -0.25) is 9.48 Å². The largest absolute Gasteiger partial charge is 0.496 e. The van der Waals surface area contributed by atoms with Gasteiger partial charge in [-0.2, -0.15) is 5.10 Å². The number of carbonyl (C=O) groups is 1. The van der Waals surface area contributed by atoms with Crippen LogP contribution in [0.15, 0.2) is 24.4 Å². The molecule has 1 aliphatic rings. The summed E-state index contributed by atoms with van der Waals surface area (Å²) >= 11 is 0. The SMILES string of the molecule is COc1cc([C@@H](O)[C@H](Cc2ccn(CC(=O)O)n2)OCC2CCC2)cc(OC)c1C. The van der Waals surface area contributed by atoms with Crippen molar-refractivity contribution in [3.63, 3.8) is 0 Å². The van der Waals surface area contributed by atoms with Crippen molar-refractivity contribution >= 4 is 5.97 Å². The molecule has 2 atom stereocenters. The fourth-order valence-corrected chi connectivity index (χ4v) is 3.62. The zero-order valence-electron chi connectivity index (χ0n) is 17.7. The minimum Gasteiger partial charge on any atom is -0.496 e. The number of carboxylic acids is 1. The van der Waals surface area contributed by atoms with Gasteiger partial charge < -0.3 is 24.4 Å². The quantitative estimate of drug-likeness (QED) is 0.578. The van der Waals surface area contributed by atoms with E-state index >= 15 is 0 Å². The van der Waals surface area contributed by atoms with Crippen molar-refractivity contribution in [2.24, 2.45) is 5.92 Å². The Balaban J connectivity index is 1.81. The van der Waals surface area contributed by atoms with Crippen LogP contribution in [0.1, 0.15) is 42.2 Å². The van der Waals surface area contributed by atoms with Gasteiger partial charge in [0, 0.05) is 24.8 Å². The second-order valence-corrected chi connectivity index (χ2v) is 7.77. The third-order valence-electron chi connectivity index (χ3n) is 5.64. The van der Waals surface area contributed by atoms with Crippen molar-refractivity contribution in [2.45, 2.75) is 51.4 Å². The molecule has 1 saturated carbocycles. The van der Waals surface area contributed by atoms with Gasteiger partial charge in [-0.05, 0) is 49.4 Å². The smallest absolute Gasteiger partial charge is 0.325 e. The van der Waals surface area contributed by atoms with E-state index in [1.165, 1.54) is 11.1 Å². The number of nitrogens with zero attached hydrogens (tertiary/aromatic N) is 2. The fraction of sp³-hybridized carbons (Fsp3) is 0.545. The molecule has 2 N–H and O–H groups in total. The Labute approximate surface area is 176 Å². The molecule has 0 spiro atoms. The van der Waals surface area contributed by atoms with Crippen LogP contribution in [0.25, 0.3) is 0 Å². The summed E-state index contributed by atoms with van der Waals surface area (Å²) in [7, 11) is 3.16. The zero-order valence-corrected chi connectivity index (χ0v) is 17.7. The van der Waals surface area contributed by atoms with Crippen molar-refractivity contribution in [1.82, 2.24) is 9.78 Å². The molecule has 0 bridgehead atoms. The van der Waals surface area contributed by atoms with Gasteiger partial charge in [0.25, 0.3) is 0 Å². The van der Waals surface area contributed by atoms with Gasteiger partial charge in [0.1, 0.15) is 24.1 Å². The summed E-state index contributed by atoms with van der Waals surface area (Å²) in [5.41, 5.74) is 2.16. The molecule has 8 heteroatoms. The number of hydrogen-bond donors (Lipinski definition) is 2. The van der Waals surface area contributed by atoms with Crippen LogP contribution in [-0.2, 0) is 22.5 Å². The van der Waals surface area contributed by atoms with Crippen molar-refractivity contribution < 1.29 is 29.2 Å². The lowest BCUT2D eigenvalue weighted by Crippen LogP contribution is -2.29. The standard InChI is InChI=1S/C22H30N2O6/c1-14-18(28-2)9-16(10-19(14)29-3)22(27)20(30-13-15-5-4-6-15)11-17-7-8-24(23-17)12-21(25)26/h7-10,15,20,22,27H,4-6,11-13H2,1-3H3,(H,25,26)/t20-,22+/m0/s1. The Morgan fingerprint density at radius 3 is 2.47 bits per heavy atom. The van der Waals surface area contributed by atoms with Crippen molar-refractivity contribution in [3.8, 4) is 11.5 Å². The van der Waals surface area contributed by atoms with Gasteiger partial charge in [-0.25, -0.2) is 0 Å². The molecule has 1 aromatic carbocycles. The molecule has 164 valence electrons. The molecule has 0 saturated heterocycles. The summed E-state index contributed by atoms with van der Waals surface area (Å²) in [6, 6.07) is 5.35. The van der Waals surface area contributed by atoms with Gasteiger partial charge in [0.2, 0.25) is 0 Å². The Hall–Kier alpha value is -2.58. The summed E-state index contributed by atoms with van der Waals surface area (Å²) in [6.45, 7) is 2.27. The Bertz CT molecular complexity index is 836. The lowest BCUT2D eigenvalue weighted by molar-refractivity contribution is -0.137. The predicted molar refractivity (Wildman–Crippen MR) is 110 cm³/mol. The second-order valence-electron chi connectivity index (χ2n) is 7.77. The van der Waals surface area contributed by atoms with Gasteiger partial charge in [0.05, 0.1) is 26.0 Å². The first-order valence-electron chi connectivity index (χ1n) is 10.2. The summed E-state index contributed by atoms with van der Waals surface area (Å²) < 4.78 is 18.4. The van der Waals surface area contributed by atoms with Gasteiger partial charge >= 0.3 is 5.97 Å². The van der Waals surface area contributed by atoms with Crippen LogP contribution in [0.2, 0.25) is 0 Å². The number of hydrogen-bond acceptors (Lipinski definition) is 6. The number of aliphatic carboxylic acids is 1. The molecular formula is C22H30N2O6. The number of methoxy groups -OCH3 is 2. The third kappa shape index (κ3) is 5.31. The van der Waals surface area contributed by atoms with Gasteiger partial charge in [0.15, 0.2) is 0 Å². The number of aliphatic hydroxyl groups is 1. The van der Waals surface area contributed by atoms with Crippen molar-refractivity contribution in [3.05, 3.63) is 41.2 Å². The normalized spacial score (nSPS) is 16.0. The summed E-state index contributed by atoms with van der Waals surface area (Å²) in [6.07, 6.45) is 4.03. The van der Waals surface area contributed by atoms with E-state index in [9.17, 15) is 9.90 Å². The highest BCUT2D eigenvalue weighted by molar-refractivity contribution is 5.66. The van der Waals surface area contributed by atoms with Crippen LogP contribution in [0.3, 0.4) is 0 Å². The van der Waals surface area contributed by atoms with Gasteiger partial charge in [-0.15, -0.1) is 0 Å². The van der Waals surface area contributed by atoms with Crippen LogP contribution in [0.4, 0.5) is 0 Å². The third-order valence-corrected chi connectivity index (χ3v) is 5.64. The van der Waals surface area contributed by atoms with E-state index in [4.69, 9.17) is 19.3 Å². The molecule has 0 radical (unpaired) electrons. The van der Waals surface area contributed by atoms with Crippen LogP contribution in [0, 0.1) is 12.8 Å². The van der Waals surface area contributed by atoms with Crippen molar-refractivity contribution in [1.29, 1.82) is 0 Å². The first-order chi connectivity index (χ1) is 14.4. The molecule has 2 aromatic rings. The van der Waals surface area contributed by atoms with Crippen LogP contribution in [0.5, 0.6) is 11.5 Å². The highest BCUT2D eigenvalue weighted by Gasteiger charge is 2.27. The average molecular weight is 418 g/mol. The number of benzene rings is 1. The fourth-order valence-electron chi connectivity index (χ4n) is 3.62. The lowest BCUT2D eigenvalue weighted by Gasteiger charge is -2.30. The molecule has 1 aliphatic carbocycles. The van der Waals surface area contributed by atoms with E-state index in [0.29, 0.717) is 41.7 Å². The minimum absolute atomic E-state index is 0.206. The molecular weight excluding hydrogens is 388 g/mol. The summed E-state index contributed by atoms with van der Waals surface area (Å²) in [4.78, 5) is 10.9. The van der Waals surface area contributed by atoms with E-state index < -0.39 is 18.2 Å². The average Bonchev–Trinajstić information content (AvgIpc) is 3.11. The number of aromatic nitrogens is 2. The number of rotatable bonds is 11. The topological polar surface area (TPSA) is 103 Å². The van der Waals surface area contributed by atoms with E-state index in [-0.39, 0.29) is 6.54 Å². The van der Waals surface area contributed by atoms with Crippen LogP contribution >= 0.6 is 0 Å². The number of carboxylic acid groups (broad SMARTS) is 1. The Morgan fingerprint density at radius 1 is 1.27 bits per heavy atom. The highest BCUT2D eigenvalue weighted by Crippen LogP contribution is 2.35. The second kappa shape index (κ2) is 9.95. The molecule has 1 aromatic heterocycles. The van der Waals surface area contributed by atoms with Crippen LogP contribution < -0.4 is 9.47 Å². The molecule has 30 heavy (non-hydrogen) atoms. The molecule has 1 heterocycles. The van der Waals surface area contributed by atoms with Gasteiger partial charge in [-0.1, -0.05) is 6.42 Å². The van der Waals surface area contributed by atoms with E-state index in [1.54, 1.807) is 38.6 Å². The molecule has 8 nitrogen and oxygen atoms in total. The molecule has 1 fully saturated rings. The monoisotopic (exact) mass is 418 g/mol. The first-order valence-corrected chi connectivity index (χ1v) is 10.2. The van der Waals surface area contributed by atoms with E-state index in [0.717, 1.165) is 18.4 Å². The summed E-state index contributed by atoms with van der Waals surface area (Å²) in [5.74, 6) is 0.825.